The maximum absolute atomic E-state index is 12.6. The first-order valence-corrected chi connectivity index (χ1v) is 8.79. The van der Waals surface area contributed by atoms with Crippen molar-refractivity contribution in [3.05, 3.63) is 64.1 Å². The van der Waals surface area contributed by atoms with E-state index in [1.165, 1.54) is 6.42 Å². The molecule has 0 radical (unpaired) electrons. The zero-order valence-electron chi connectivity index (χ0n) is 13.0. The highest BCUT2D eigenvalue weighted by Gasteiger charge is 2.20. The third-order valence-corrected chi connectivity index (χ3v) is 4.72. The van der Waals surface area contributed by atoms with Gasteiger partial charge in [0.15, 0.2) is 0 Å². The van der Waals surface area contributed by atoms with Gasteiger partial charge in [-0.1, -0.05) is 30.3 Å². The number of nitrogens with zero attached hydrogens (tertiary/aromatic N) is 1. The summed E-state index contributed by atoms with van der Waals surface area (Å²) in [4.78, 5) is 14.5. The van der Waals surface area contributed by atoms with Crippen LogP contribution in [0.4, 0.5) is 0 Å². The van der Waals surface area contributed by atoms with E-state index in [1.807, 2.05) is 53.4 Å². The number of rotatable bonds is 4. The first kappa shape index (κ1) is 16.1. The van der Waals surface area contributed by atoms with Crippen LogP contribution in [0.1, 0.15) is 35.2 Å². The van der Waals surface area contributed by atoms with E-state index in [4.69, 9.17) is 4.74 Å². The standard InChI is InChI=1S/C19H20BrNO2/c20-18-13-16(23-14-15-7-3-1-4-8-15)9-10-17(18)19(22)21-11-5-2-6-12-21/h1,3-4,7-10,13H,2,5-6,11-12,14H2. The zero-order chi connectivity index (χ0) is 16.1. The van der Waals surface area contributed by atoms with Crippen LogP contribution >= 0.6 is 15.9 Å². The summed E-state index contributed by atoms with van der Waals surface area (Å²) in [5.74, 6) is 0.863. The summed E-state index contributed by atoms with van der Waals surface area (Å²) in [6.07, 6.45) is 3.42. The van der Waals surface area contributed by atoms with E-state index < -0.39 is 0 Å². The van der Waals surface area contributed by atoms with Crippen molar-refractivity contribution in [3.63, 3.8) is 0 Å². The first-order valence-electron chi connectivity index (χ1n) is 7.99. The number of hydrogen-bond donors (Lipinski definition) is 0. The molecule has 120 valence electrons. The van der Waals surface area contributed by atoms with E-state index in [9.17, 15) is 4.79 Å². The molecule has 1 aliphatic heterocycles. The molecule has 0 N–H and O–H groups in total. The minimum Gasteiger partial charge on any atom is -0.489 e. The molecule has 0 aromatic heterocycles. The number of piperidine rings is 1. The van der Waals surface area contributed by atoms with Gasteiger partial charge in [-0.25, -0.2) is 0 Å². The molecule has 23 heavy (non-hydrogen) atoms. The van der Waals surface area contributed by atoms with Crippen LogP contribution in [0.2, 0.25) is 0 Å². The molecule has 1 amide bonds. The summed E-state index contributed by atoms with van der Waals surface area (Å²) in [7, 11) is 0. The average molecular weight is 374 g/mol. The van der Waals surface area contributed by atoms with Gasteiger partial charge >= 0.3 is 0 Å². The molecule has 4 heteroatoms. The van der Waals surface area contributed by atoms with Gasteiger partial charge in [0, 0.05) is 17.6 Å². The molecule has 0 aliphatic carbocycles. The molecule has 1 aliphatic rings. The molecule has 0 saturated carbocycles. The molecule has 0 spiro atoms. The summed E-state index contributed by atoms with van der Waals surface area (Å²) in [6.45, 7) is 2.24. The Hall–Kier alpha value is -1.81. The lowest BCUT2D eigenvalue weighted by atomic mass is 10.1. The smallest absolute Gasteiger partial charge is 0.255 e. The van der Waals surface area contributed by atoms with Gasteiger partial charge in [0.1, 0.15) is 12.4 Å². The van der Waals surface area contributed by atoms with Crippen LogP contribution in [0, 0.1) is 0 Å². The number of carbonyl (C=O) groups is 1. The van der Waals surface area contributed by atoms with Crippen molar-refractivity contribution in [2.45, 2.75) is 25.9 Å². The molecule has 2 aromatic carbocycles. The molecule has 2 aromatic rings. The lowest BCUT2D eigenvalue weighted by molar-refractivity contribution is 0.0723. The monoisotopic (exact) mass is 373 g/mol. The van der Waals surface area contributed by atoms with Gasteiger partial charge in [-0.3, -0.25) is 4.79 Å². The highest BCUT2D eigenvalue weighted by Crippen LogP contribution is 2.26. The second kappa shape index (κ2) is 7.64. The van der Waals surface area contributed by atoms with E-state index in [0.717, 1.165) is 41.7 Å². The fraction of sp³-hybridized carbons (Fsp3) is 0.316. The summed E-state index contributed by atoms with van der Waals surface area (Å²) in [6, 6.07) is 15.6. The predicted molar refractivity (Wildman–Crippen MR) is 94.7 cm³/mol. The maximum atomic E-state index is 12.6. The second-order valence-electron chi connectivity index (χ2n) is 5.77. The average Bonchev–Trinajstić information content (AvgIpc) is 2.61. The predicted octanol–water partition coefficient (Wildman–Crippen LogP) is 4.65. The third kappa shape index (κ3) is 4.14. The molecule has 1 saturated heterocycles. The Kier molecular flexibility index (Phi) is 5.34. The molecule has 1 fully saturated rings. The Morgan fingerprint density at radius 2 is 1.78 bits per heavy atom. The Morgan fingerprint density at radius 3 is 2.48 bits per heavy atom. The van der Waals surface area contributed by atoms with Gasteiger partial charge in [-0.05, 0) is 59.0 Å². The van der Waals surface area contributed by atoms with E-state index in [0.29, 0.717) is 12.2 Å². The van der Waals surface area contributed by atoms with Crippen LogP contribution in [-0.4, -0.2) is 23.9 Å². The summed E-state index contributed by atoms with van der Waals surface area (Å²) in [5.41, 5.74) is 1.83. The van der Waals surface area contributed by atoms with Crippen molar-refractivity contribution in [1.29, 1.82) is 0 Å². The van der Waals surface area contributed by atoms with Crippen molar-refractivity contribution in [1.82, 2.24) is 4.90 Å². The van der Waals surface area contributed by atoms with Crippen LogP contribution in [0.3, 0.4) is 0 Å². The molecule has 0 atom stereocenters. The van der Waals surface area contributed by atoms with E-state index in [-0.39, 0.29) is 5.91 Å². The molecular formula is C19H20BrNO2. The fourth-order valence-corrected chi connectivity index (χ4v) is 3.29. The third-order valence-electron chi connectivity index (χ3n) is 4.06. The highest BCUT2D eigenvalue weighted by molar-refractivity contribution is 9.10. The quantitative estimate of drug-likeness (QED) is 0.780. The minimum absolute atomic E-state index is 0.103. The molecule has 1 heterocycles. The fourth-order valence-electron chi connectivity index (χ4n) is 2.77. The van der Waals surface area contributed by atoms with Gasteiger partial charge in [-0.15, -0.1) is 0 Å². The molecule has 3 nitrogen and oxygen atoms in total. The number of carbonyl (C=O) groups excluding carboxylic acids is 1. The number of hydrogen-bond acceptors (Lipinski definition) is 2. The summed E-state index contributed by atoms with van der Waals surface area (Å²) >= 11 is 3.51. The Labute approximate surface area is 145 Å². The topological polar surface area (TPSA) is 29.5 Å². The number of benzene rings is 2. The van der Waals surface area contributed by atoms with Crippen LogP contribution in [0.25, 0.3) is 0 Å². The number of likely N-dealkylation sites (tertiary alicyclic amines) is 1. The lowest BCUT2D eigenvalue weighted by Crippen LogP contribution is -2.35. The van der Waals surface area contributed by atoms with Gasteiger partial charge in [0.25, 0.3) is 5.91 Å². The van der Waals surface area contributed by atoms with Gasteiger partial charge in [-0.2, -0.15) is 0 Å². The largest absolute Gasteiger partial charge is 0.489 e. The van der Waals surface area contributed by atoms with Crippen LogP contribution in [-0.2, 0) is 6.61 Å². The van der Waals surface area contributed by atoms with Gasteiger partial charge in [0.2, 0.25) is 0 Å². The van der Waals surface area contributed by atoms with Crippen molar-refractivity contribution >= 4 is 21.8 Å². The van der Waals surface area contributed by atoms with Crippen molar-refractivity contribution in [2.75, 3.05) is 13.1 Å². The Morgan fingerprint density at radius 1 is 1.04 bits per heavy atom. The van der Waals surface area contributed by atoms with Crippen LogP contribution in [0.15, 0.2) is 53.0 Å². The Balaban J connectivity index is 1.66. The van der Waals surface area contributed by atoms with Crippen molar-refractivity contribution < 1.29 is 9.53 Å². The van der Waals surface area contributed by atoms with E-state index in [2.05, 4.69) is 15.9 Å². The lowest BCUT2D eigenvalue weighted by Gasteiger charge is -2.27. The van der Waals surface area contributed by atoms with E-state index in [1.54, 1.807) is 0 Å². The minimum atomic E-state index is 0.103. The Bertz CT molecular complexity index is 666. The van der Waals surface area contributed by atoms with Crippen molar-refractivity contribution in [3.8, 4) is 5.75 Å². The zero-order valence-corrected chi connectivity index (χ0v) is 14.6. The molecule has 0 unspecified atom stereocenters. The molecule has 3 rings (SSSR count). The molecule has 0 bridgehead atoms. The van der Waals surface area contributed by atoms with Crippen molar-refractivity contribution in [2.24, 2.45) is 0 Å². The number of halogens is 1. The van der Waals surface area contributed by atoms with Gasteiger partial charge in [0.05, 0.1) is 5.56 Å². The first-order chi connectivity index (χ1) is 11.2. The van der Waals surface area contributed by atoms with Crippen LogP contribution in [0.5, 0.6) is 5.75 Å². The normalized spacial score (nSPS) is 14.6. The maximum Gasteiger partial charge on any atom is 0.255 e. The summed E-state index contributed by atoms with van der Waals surface area (Å²) < 4.78 is 6.59. The van der Waals surface area contributed by atoms with Gasteiger partial charge < -0.3 is 9.64 Å². The van der Waals surface area contributed by atoms with Crippen LogP contribution < -0.4 is 4.74 Å². The highest BCUT2D eigenvalue weighted by atomic mass is 79.9. The van der Waals surface area contributed by atoms with E-state index >= 15 is 0 Å². The number of ether oxygens (including phenoxy) is 1. The number of amides is 1. The SMILES string of the molecule is O=C(c1ccc(OCc2ccccc2)cc1Br)N1CCCCC1. The molecular weight excluding hydrogens is 354 g/mol. The second-order valence-corrected chi connectivity index (χ2v) is 6.62. The summed E-state index contributed by atoms with van der Waals surface area (Å²) in [5, 5.41) is 0.